The summed E-state index contributed by atoms with van der Waals surface area (Å²) in [4.78, 5) is 36.1. The van der Waals surface area contributed by atoms with Crippen LogP contribution in [0.5, 0.6) is 0 Å². The highest BCUT2D eigenvalue weighted by Crippen LogP contribution is 2.21. The van der Waals surface area contributed by atoms with Gasteiger partial charge in [-0.1, -0.05) is 15.9 Å². The third kappa shape index (κ3) is 3.94. The van der Waals surface area contributed by atoms with Crippen molar-refractivity contribution in [3.8, 4) is 0 Å². The number of amides is 3. The molecule has 0 atom stereocenters. The molecular weight excluding hydrogens is 342 g/mol. The van der Waals surface area contributed by atoms with E-state index in [1.807, 2.05) is 0 Å². The standard InChI is InChI=1S/C13H14BrN3O4/c14-8-1-2-10(9(7-8)12(19)20)16-13(21)17-5-3-11(18)15-4-6-17/h1-2,7H,3-6H2,(H,15,18)(H,16,21)(H,19,20). The Morgan fingerprint density at radius 2 is 2.10 bits per heavy atom. The van der Waals surface area contributed by atoms with Crippen LogP contribution < -0.4 is 10.6 Å². The molecule has 1 aliphatic heterocycles. The number of carbonyl (C=O) groups is 3. The van der Waals surface area contributed by atoms with E-state index in [1.165, 1.54) is 17.0 Å². The third-order valence-corrected chi connectivity index (χ3v) is 3.55. The van der Waals surface area contributed by atoms with Crippen molar-refractivity contribution in [2.75, 3.05) is 25.0 Å². The summed E-state index contributed by atoms with van der Waals surface area (Å²) in [5.74, 6) is -1.22. The predicted octanol–water partition coefficient (Wildman–Crippen LogP) is 1.50. The molecule has 0 spiro atoms. The summed E-state index contributed by atoms with van der Waals surface area (Å²) < 4.78 is 0.613. The van der Waals surface area contributed by atoms with E-state index in [-0.39, 0.29) is 23.6 Å². The molecule has 21 heavy (non-hydrogen) atoms. The third-order valence-electron chi connectivity index (χ3n) is 3.05. The predicted molar refractivity (Wildman–Crippen MR) is 79.3 cm³/mol. The van der Waals surface area contributed by atoms with Crippen LogP contribution in [0.15, 0.2) is 22.7 Å². The number of benzene rings is 1. The van der Waals surface area contributed by atoms with Crippen LogP contribution in [-0.2, 0) is 4.79 Å². The molecule has 8 heteroatoms. The van der Waals surface area contributed by atoms with Crippen molar-refractivity contribution in [3.63, 3.8) is 0 Å². The summed E-state index contributed by atoms with van der Waals surface area (Å²) in [6, 6.07) is 4.17. The van der Waals surface area contributed by atoms with E-state index in [0.29, 0.717) is 24.1 Å². The Hall–Kier alpha value is -2.09. The summed E-state index contributed by atoms with van der Waals surface area (Å²) in [6.07, 6.45) is 0.236. The topological polar surface area (TPSA) is 98.7 Å². The zero-order valence-corrected chi connectivity index (χ0v) is 12.6. The van der Waals surface area contributed by atoms with Crippen molar-refractivity contribution in [2.45, 2.75) is 6.42 Å². The monoisotopic (exact) mass is 355 g/mol. The maximum Gasteiger partial charge on any atom is 0.337 e. The van der Waals surface area contributed by atoms with E-state index >= 15 is 0 Å². The Morgan fingerprint density at radius 3 is 2.81 bits per heavy atom. The van der Waals surface area contributed by atoms with Crippen LogP contribution in [0.1, 0.15) is 16.8 Å². The Kier molecular flexibility index (Phi) is 4.79. The number of carboxylic acids is 1. The van der Waals surface area contributed by atoms with E-state index in [0.717, 1.165) is 0 Å². The summed E-state index contributed by atoms with van der Waals surface area (Å²) in [5.41, 5.74) is 0.223. The highest BCUT2D eigenvalue weighted by atomic mass is 79.9. The number of rotatable bonds is 2. The van der Waals surface area contributed by atoms with Crippen molar-refractivity contribution in [1.29, 1.82) is 0 Å². The van der Waals surface area contributed by atoms with Crippen molar-refractivity contribution in [1.82, 2.24) is 10.2 Å². The SMILES string of the molecule is O=C1CCN(C(=O)Nc2ccc(Br)cc2C(=O)O)CCN1. The lowest BCUT2D eigenvalue weighted by atomic mass is 10.2. The summed E-state index contributed by atoms with van der Waals surface area (Å²) in [7, 11) is 0. The molecule has 0 radical (unpaired) electrons. The number of urea groups is 1. The molecule has 0 bridgehead atoms. The molecule has 0 saturated carbocycles. The van der Waals surface area contributed by atoms with Gasteiger partial charge in [-0.2, -0.15) is 0 Å². The minimum absolute atomic E-state index is 0.00162. The van der Waals surface area contributed by atoms with Crippen LogP contribution in [0, 0.1) is 0 Å². The number of nitrogens with zero attached hydrogens (tertiary/aromatic N) is 1. The molecule has 3 amide bonds. The summed E-state index contributed by atoms with van der Waals surface area (Å²) in [5, 5.41) is 14.4. The maximum absolute atomic E-state index is 12.2. The van der Waals surface area contributed by atoms with E-state index in [2.05, 4.69) is 26.6 Å². The smallest absolute Gasteiger partial charge is 0.337 e. The van der Waals surface area contributed by atoms with Gasteiger partial charge in [0.25, 0.3) is 0 Å². The second-order valence-corrected chi connectivity index (χ2v) is 5.43. The lowest BCUT2D eigenvalue weighted by Crippen LogP contribution is -2.37. The fraction of sp³-hybridized carbons (Fsp3) is 0.308. The number of carboxylic acid groups (broad SMARTS) is 1. The van der Waals surface area contributed by atoms with Crippen molar-refractivity contribution >= 4 is 39.5 Å². The second-order valence-electron chi connectivity index (χ2n) is 4.51. The van der Waals surface area contributed by atoms with Crippen LogP contribution in [0.25, 0.3) is 0 Å². The number of halogens is 1. The Balaban J connectivity index is 2.12. The Morgan fingerprint density at radius 1 is 1.33 bits per heavy atom. The van der Waals surface area contributed by atoms with Crippen molar-refractivity contribution in [3.05, 3.63) is 28.2 Å². The van der Waals surface area contributed by atoms with Crippen LogP contribution in [0.3, 0.4) is 0 Å². The number of carbonyl (C=O) groups excluding carboxylic acids is 2. The fourth-order valence-corrected chi connectivity index (χ4v) is 2.33. The zero-order valence-electron chi connectivity index (χ0n) is 11.1. The average molecular weight is 356 g/mol. The minimum atomic E-state index is -1.13. The normalized spacial score (nSPS) is 15.1. The maximum atomic E-state index is 12.2. The molecule has 0 aliphatic carbocycles. The van der Waals surface area contributed by atoms with Gasteiger partial charge >= 0.3 is 12.0 Å². The molecule has 7 nitrogen and oxygen atoms in total. The van der Waals surface area contributed by atoms with Crippen LogP contribution >= 0.6 is 15.9 Å². The van der Waals surface area contributed by atoms with Gasteiger partial charge in [0.05, 0.1) is 11.3 Å². The molecule has 1 heterocycles. The van der Waals surface area contributed by atoms with Gasteiger partial charge in [-0.05, 0) is 18.2 Å². The number of hydrogen-bond donors (Lipinski definition) is 3. The number of nitrogens with one attached hydrogen (secondary N) is 2. The summed E-state index contributed by atoms with van der Waals surface area (Å²) >= 11 is 3.19. The minimum Gasteiger partial charge on any atom is -0.478 e. The summed E-state index contributed by atoms with van der Waals surface area (Å²) in [6.45, 7) is 1.07. The van der Waals surface area contributed by atoms with Gasteiger partial charge in [-0.3, -0.25) is 4.79 Å². The van der Waals surface area contributed by atoms with E-state index in [4.69, 9.17) is 5.11 Å². The largest absolute Gasteiger partial charge is 0.478 e. The number of anilines is 1. The van der Waals surface area contributed by atoms with Gasteiger partial charge in [0.15, 0.2) is 0 Å². The number of aromatic carboxylic acids is 1. The average Bonchev–Trinajstić information content (AvgIpc) is 2.65. The molecule has 0 aromatic heterocycles. The van der Waals surface area contributed by atoms with E-state index < -0.39 is 12.0 Å². The molecule has 1 saturated heterocycles. The molecule has 2 rings (SSSR count). The van der Waals surface area contributed by atoms with Crippen LogP contribution in [0.4, 0.5) is 10.5 Å². The first-order valence-corrected chi connectivity index (χ1v) is 7.12. The second kappa shape index (κ2) is 6.57. The highest BCUT2D eigenvalue weighted by molar-refractivity contribution is 9.10. The fourth-order valence-electron chi connectivity index (χ4n) is 1.97. The van der Waals surface area contributed by atoms with Gasteiger partial charge in [0.2, 0.25) is 5.91 Å². The Bertz CT molecular complexity index is 591. The van der Waals surface area contributed by atoms with Crippen molar-refractivity contribution in [2.24, 2.45) is 0 Å². The van der Waals surface area contributed by atoms with E-state index in [1.54, 1.807) is 6.07 Å². The van der Waals surface area contributed by atoms with Gasteiger partial charge in [0.1, 0.15) is 0 Å². The molecule has 1 aromatic rings. The first kappa shape index (κ1) is 15.3. The molecule has 3 N–H and O–H groups in total. The molecule has 1 aromatic carbocycles. The van der Waals surface area contributed by atoms with Crippen LogP contribution in [0.2, 0.25) is 0 Å². The molecule has 112 valence electrons. The first-order valence-electron chi connectivity index (χ1n) is 6.33. The number of hydrogen-bond acceptors (Lipinski definition) is 3. The molecule has 1 aliphatic rings. The lowest BCUT2D eigenvalue weighted by Gasteiger charge is -2.20. The van der Waals surface area contributed by atoms with Gasteiger partial charge in [-0.25, -0.2) is 9.59 Å². The van der Waals surface area contributed by atoms with Gasteiger partial charge in [0, 0.05) is 30.5 Å². The molecule has 1 fully saturated rings. The van der Waals surface area contributed by atoms with Gasteiger partial charge < -0.3 is 20.6 Å². The van der Waals surface area contributed by atoms with Crippen LogP contribution in [-0.4, -0.2) is 47.5 Å². The quantitative estimate of drug-likeness (QED) is 0.748. The zero-order chi connectivity index (χ0) is 15.4. The lowest BCUT2D eigenvalue weighted by molar-refractivity contribution is -0.120. The first-order chi connectivity index (χ1) is 9.97. The Labute approximate surface area is 129 Å². The highest BCUT2D eigenvalue weighted by Gasteiger charge is 2.20. The molecule has 0 unspecified atom stereocenters. The van der Waals surface area contributed by atoms with Gasteiger partial charge in [-0.15, -0.1) is 0 Å². The molecular formula is C13H14BrN3O4. The van der Waals surface area contributed by atoms with E-state index in [9.17, 15) is 14.4 Å². The van der Waals surface area contributed by atoms with Crippen molar-refractivity contribution < 1.29 is 19.5 Å².